The van der Waals surface area contributed by atoms with E-state index in [0.29, 0.717) is 17.9 Å². The lowest BCUT2D eigenvalue weighted by molar-refractivity contribution is 0.0697. The molecule has 2 atom stereocenters. The lowest BCUT2D eigenvalue weighted by Crippen LogP contribution is -2.14. The number of oxime groups is 1. The highest BCUT2D eigenvalue weighted by atomic mass is 16.6. The SMILES string of the molecule is CCC(C)C1=NOC(CC(C)C)C1. The molecular weight excluding hydrogens is 162 g/mol. The zero-order valence-corrected chi connectivity index (χ0v) is 9.21. The summed E-state index contributed by atoms with van der Waals surface area (Å²) in [6, 6.07) is 0. The van der Waals surface area contributed by atoms with E-state index in [1.54, 1.807) is 0 Å². The van der Waals surface area contributed by atoms with Crippen LogP contribution in [-0.2, 0) is 4.84 Å². The maximum Gasteiger partial charge on any atom is 0.133 e. The van der Waals surface area contributed by atoms with Crippen LogP contribution in [0, 0.1) is 11.8 Å². The van der Waals surface area contributed by atoms with Gasteiger partial charge < -0.3 is 4.84 Å². The van der Waals surface area contributed by atoms with Gasteiger partial charge in [-0.3, -0.25) is 0 Å². The highest BCUT2D eigenvalue weighted by Gasteiger charge is 2.24. The van der Waals surface area contributed by atoms with Crippen LogP contribution < -0.4 is 0 Å². The Labute approximate surface area is 81.3 Å². The van der Waals surface area contributed by atoms with E-state index in [1.807, 2.05) is 0 Å². The van der Waals surface area contributed by atoms with Gasteiger partial charge in [0.2, 0.25) is 0 Å². The molecule has 0 radical (unpaired) electrons. The van der Waals surface area contributed by atoms with Crippen molar-refractivity contribution in [3.8, 4) is 0 Å². The molecule has 0 amide bonds. The molecule has 0 spiro atoms. The molecule has 1 aliphatic rings. The maximum atomic E-state index is 5.39. The average Bonchev–Trinajstić information content (AvgIpc) is 2.50. The van der Waals surface area contributed by atoms with Gasteiger partial charge in [0.1, 0.15) is 6.10 Å². The summed E-state index contributed by atoms with van der Waals surface area (Å²) < 4.78 is 0. The minimum absolute atomic E-state index is 0.351. The molecule has 0 aromatic rings. The van der Waals surface area contributed by atoms with Gasteiger partial charge in [0.15, 0.2) is 0 Å². The fourth-order valence-corrected chi connectivity index (χ4v) is 1.63. The topological polar surface area (TPSA) is 21.6 Å². The molecule has 76 valence electrons. The summed E-state index contributed by atoms with van der Waals surface area (Å²) in [5.74, 6) is 1.30. The van der Waals surface area contributed by atoms with Crippen molar-refractivity contribution in [2.75, 3.05) is 0 Å². The van der Waals surface area contributed by atoms with E-state index in [0.717, 1.165) is 19.3 Å². The van der Waals surface area contributed by atoms with E-state index in [2.05, 4.69) is 32.9 Å². The van der Waals surface area contributed by atoms with Crippen molar-refractivity contribution in [3.05, 3.63) is 0 Å². The van der Waals surface area contributed by atoms with Crippen molar-refractivity contribution in [2.45, 2.75) is 53.1 Å². The van der Waals surface area contributed by atoms with E-state index >= 15 is 0 Å². The monoisotopic (exact) mass is 183 g/mol. The van der Waals surface area contributed by atoms with Crippen molar-refractivity contribution >= 4 is 5.71 Å². The van der Waals surface area contributed by atoms with Gasteiger partial charge in [0, 0.05) is 6.42 Å². The Morgan fingerprint density at radius 1 is 1.46 bits per heavy atom. The van der Waals surface area contributed by atoms with Crippen LogP contribution in [0.1, 0.15) is 47.0 Å². The van der Waals surface area contributed by atoms with E-state index in [4.69, 9.17) is 4.84 Å². The number of hydrogen-bond acceptors (Lipinski definition) is 2. The first-order chi connectivity index (χ1) is 6.13. The molecule has 1 rings (SSSR count). The van der Waals surface area contributed by atoms with E-state index in [1.165, 1.54) is 5.71 Å². The summed E-state index contributed by atoms with van der Waals surface area (Å²) in [7, 11) is 0. The predicted octanol–water partition coefficient (Wildman–Crippen LogP) is 3.22. The smallest absolute Gasteiger partial charge is 0.133 e. The first-order valence-corrected chi connectivity index (χ1v) is 5.36. The second-order valence-corrected chi connectivity index (χ2v) is 4.45. The van der Waals surface area contributed by atoms with Gasteiger partial charge in [-0.15, -0.1) is 0 Å². The van der Waals surface area contributed by atoms with Crippen LogP contribution in [0.2, 0.25) is 0 Å². The Morgan fingerprint density at radius 2 is 2.15 bits per heavy atom. The minimum Gasteiger partial charge on any atom is -0.392 e. The molecule has 0 N–H and O–H groups in total. The summed E-state index contributed by atoms with van der Waals surface area (Å²) in [6.07, 6.45) is 3.69. The Hall–Kier alpha value is -0.530. The number of rotatable bonds is 4. The molecule has 0 saturated heterocycles. The molecule has 2 heteroatoms. The third-order valence-electron chi connectivity index (χ3n) is 2.67. The second-order valence-electron chi connectivity index (χ2n) is 4.45. The lowest BCUT2D eigenvalue weighted by Gasteiger charge is -2.11. The molecule has 1 aliphatic heterocycles. The molecule has 2 nitrogen and oxygen atoms in total. The Bertz CT molecular complexity index is 187. The first kappa shape index (κ1) is 10.6. The van der Waals surface area contributed by atoms with Crippen LogP contribution in [0.4, 0.5) is 0 Å². The second kappa shape index (κ2) is 4.64. The zero-order valence-electron chi connectivity index (χ0n) is 9.21. The zero-order chi connectivity index (χ0) is 9.84. The summed E-state index contributed by atoms with van der Waals surface area (Å²) >= 11 is 0. The third kappa shape index (κ3) is 3.02. The quantitative estimate of drug-likeness (QED) is 0.655. The summed E-state index contributed by atoms with van der Waals surface area (Å²) in [5, 5.41) is 4.16. The van der Waals surface area contributed by atoms with Gasteiger partial charge in [0.05, 0.1) is 5.71 Å². The number of nitrogens with zero attached hydrogens (tertiary/aromatic N) is 1. The summed E-state index contributed by atoms with van der Waals surface area (Å²) in [4.78, 5) is 5.39. The highest BCUT2D eigenvalue weighted by Crippen LogP contribution is 2.22. The summed E-state index contributed by atoms with van der Waals surface area (Å²) in [6.45, 7) is 8.87. The van der Waals surface area contributed by atoms with Crippen LogP contribution in [0.15, 0.2) is 5.16 Å². The van der Waals surface area contributed by atoms with Crippen molar-refractivity contribution < 1.29 is 4.84 Å². The van der Waals surface area contributed by atoms with Gasteiger partial charge >= 0.3 is 0 Å². The van der Waals surface area contributed by atoms with Crippen molar-refractivity contribution in [3.63, 3.8) is 0 Å². The Balaban J connectivity index is 2.33. The van der Waals surface area contributed by atoms with E-state index < -0.39 is 0 Å². The summed E-state index contributed by atoms with van der Waals surface area (Å²) in [5.41, 5.74) is 1.26. The Morgan fingerprint density at radius 3 is 2.69 bits per heavy atom. The molecule has 0 aromatic carbocycles. The van der Waals surface area contributed by atoms with E-state index in [9.17, 15) is 0 Å². The normalized spacial score (nSPS) is 24.4. The van der Waals surface area contributed by atoms with Crippen molar-refractivity contribution in [2.24, 2.45) is 17.0 Å². The molecule has 1 heterocycles. The van der Waals surface area contributed by atoms with Gasteiger partial charge in [-0.1, -0.05) is 32.9 Å². The maximum absolute atomic E-state index is 5.39. The largest absolute Gasteiger partial charge is 0.392 e. The van der Waals surface area contributed by atoms with Crippen LogP contribution in [0.3, 0.4) is 0 Å². The van der Waals surface area contributed by atoms with Crippen LogP contribution in [-0.4, -0.2) is 11.8 Å². The third-order valence-corrected chi connectivity index (χ3v) is 2.67. The highest BCUT2D eigenvalue weighted by molar-refractivity contribution is 5.87. The molecular formula is C11H21NO. The van der Waals surface area contributed by atoms with Gasteiger partial charge in [-0.05, 0) is 24.7 Å². The Kier molecular flexibility index (Phi) is 3.76. The van der Waals surface area contributed by atoms with E-state index in [-0.39, 0.29) is 0 Å². The fraction of sp³-hybridized carbons (Fsp3) is 0.909. The van der Waals surface area contributed by atoms with Crippen molar-refractivity contribution in [1.29, 1.82) is 0 Å². The molecule has 0 aliphatic carbocycles. The molecule has 2 unspecified atom stereocenters. The number of hydrogen-bond donors (Lipinski definition) is 0. The van der Waals surface area contributed by atoms with Gasteiger partial charge in [-0.25, -0.2) is 0 Å². The predicted molar refractivity (Wildman–Crippen MR) is 55.8 cm³/mol. The first-order valence-electron chi connectivity index (χ1n) is 5.36. The van der Waals surface area contributed by atoms with Gasteiger partial charge in [-0.2, -0.15) is 0 Å². The molecule has 0 bridgehead atoms. The lowest BCUT2D eigenvalue weighted by atomic mass is 9.95. The molecule has 13 heavy (non-hydrogen) atoms. The van der Waals surface area contributed by atoms with Crippen LogP contribution in [0.5, 0.6) is 0 Å². The van der Waals surface area contributed by atoms with Crippen molar-refractivity contribution in [1.82, 2.24) is 0 Å². The molecule has 0 aromatic heterocycles. The minimum atomic E-state index is 0.351. The molecule has 0 saturated carbocycles. The van der Waals surface area contributed by atoms with Gasteiger partial charge in [0.25, 0.3) is 0 Å². The standard InChI is InChI=1S/C11H21NO/c1-5-9(4)11-7-10(13-12-11)6-8(2)3/h8-10H,5-7H2,1-4H3. The van der Waals surface area contributed by atoms with Crippen LogP contribution in [0.25, 0.3) is 0 Å². The average molecular weight is 183 g/mol. The van der Waals surface area contributed by atoms with Crippen LogP contribution >= 0.6 is 0 Å². The molecule has 0 fully saturated rings. The fourth-order valence-electron chi connectivity index (χ4n) is 1.63.